The van der Waals surface area contributed by atoms with Gasteiger partial charge >= 0.3 is 6.18 Å². The van der Waals surface area contributed by atoms with E-state index in [1.807, 2.05) is 0 Å². The lowest BCUT2D eigenvalue weighted by Crippen LogP contribution is -2.28. The molecule has 0 aliphatic rings. The number of hydrogen-bond donors (Lipinski definition) is 1. The lowest BCUT2D eigenvalue weighted by Gasteiger charge is -2.10. The fraction of sp³-hybridized carbons (Fsp3) is 0.214. The van der Waals surface area contributed by atoms with Crippen molar-refractivity contribution in [2.45, 2.75) is 6.18 Å². The molecular weight excluding hydrogens is 374 g/mol. The average molecular weight is 384 g/mol. The van der Waals surface area contributed by atoms with E-state index in [1.54, 1.807) is 0 Å². The van der Waals surface area contributed by atoms with E-state index in [9.17, 15) is 18.0 Å². The normalized spacial score (nSPS) is 11.3. The Morgan fingerprint density at radius 1 is 1.26 bits per heavy atom. The maximum atomic E-state index is 12.6. The van der Waals surface area contributed by atoms with E-state index in [0.717, 1.165) is 23.5 Å². The van der Waals surface area contributed by atoms with Crippen LogP contribution in [0.5, 0.6) is 5.75 Å². The smallest absolute Gasteiger partial charge is 0.416 e. The quantitative estimate of drug-likeness (QED) is 0.747. The Bertz CT molecular complexity index is 704. The van der Waals surface area contributed by atoms with Gasteiger partial charge in [0.05, 0.1) is 22.0 Å². The van der Waals surface area contributed by atoms with Crippen LogP contribution in [0.15, 0.2) is 30.3 Å². The number of halogens is 5. The Morgan fingerprint density at radius 3 is 2.61 bits per heavy atom. The van der Waals surface area contributed by atoms with Gasteiger partial charge in [-0.3, -0.25) is 4.79 Å². The van der Waals surface area contributed by atoms with Gasteiger partial charge in [0.1, 0.15) is 16.7 Å². The molecule has 2 rings (SSSR count). The summed E-state index contributed by atoms with van der Waals surface area (Å²) in [6.07, 6.45) is -4.43. The maximum Gasteiger partial charge on any atom is 0.416 e. The first kappa shape index (κ1) is 17.9. The molecule has 1 heterocycles. The summed E-state index contributed by atoms with van der Waals surface area (Å²) in [5, 5.41) is 2.55. The fourth-order valence-electron chi connectivity index (χ4n) is 1.69. The number of benzene rings is 1. The second kappa shape index (κ2) is 7.42. The first-order valence-corrected chi connectivity index (χ1v) is 7.87. The number of amides is 1. The van der Waals surface area contributed by atoms with E-state index in [2.05, 4.69) is 5.32 Å². The van der Waals surface area contributed by atoms with Gasteiger partial charge in [0.15, 0.2) is 0 Å². The molecule has 9 heteroatoms. The summed E-state index contributed by atoms with van der Waals surface area (Å²) in [4.78, 5) is 11.8. The molecule has 3 nitrogen and oxygen atoms in total. The van der Waals surface area contributed by atoms with E-state index in [4.69, 9.17) is 27.9 Å². The van der Waals surface area contributed by atoms with Crippen molar-refractivity contribution < 1.29 is 22.7 Å². The second-order valence-corrected chi connectivity index (χ2v) is 6.65. The number of ether oxygens (including phenoxy) is 1. The average Bonchev–Trinajstić information content (AvgIpc) is 2.82. The Kier molecular flexibility index (Phi) is 5.78. The molecule has 0 atom stereocenters. The second-order valence-electron chi connectivity index (χ2n) is 4.37. The molecular formula is C14H10Cl2F3NO2S. The number of carbonyl (C=O) groups excluding carboxylic acids is 1. The van der Waals surface area contributed by atoms with E-state index in [-0.39, 0.29) is 28.8 Å². The number of hydrogen-bond acceptors (Lipinski definition) is 3. The molecule has 2 aromatic rings. The summed E-state index contributed by atoms with van der Waals surface area (Å²) in [7, 11) is 0. The predicted molar refractivity (Wildman–Crippen MR) is 83.6 cm³/mol. The van der Waals surface area contributed by atoms with Crippen molar-refractivity contribution in [3.63, 3.8) is 0 Å². The zero-order chi connectivity index (χ0) is 17.0. The van der Waals surface area contributed by atoms with Crippen LogP contribution in [0.4, 0.5) is 13.2 Å². The van der Waals surface area contributed by atoms with Crippen LogP contribution < -0.4 is 10.1 Å². The van der Waals surface area contributed by atoms with Gasteiger partial charge in [0.2, 0.25) is 0 Å². The first-order chi connectivity index (χ1) is 10.8. The highest BCUT2D eigenvalue weighted by atomic mass is 35.5. The third-order valence-corrected chi connectivity index (χ3v) is 4.21. The largest absolute Gasteiger partial charge is 0.492 e. The zero-order valence-corrected chi connectivity index (χ0v) is 13.7. The van der Waals surface area contributed by atoms with Crippen LogP contribution in [0.25, 0.3) is 0 Å². The molecule has 0 spiro atoms. The number of thiophene rings is 1. The van der Waals surface area contributed by atoms with Crippen molar-refractivity contribution in [3.05, 3.63) is 50.1 Å². The van der Waals surface area contributed by atoms with E-state index in [1.165, 1.54) is 18.2 Å². The zero-order valence-electron chi connectivity index (χ0n) is 11.4. The van der Waals surface area contributed by atoms with E-state index >= 15 is 0 Å². The third kappa shape index (κ3) is 5.02. The highest BCUT2D eigenvalue weighted by Gasteiger charge is 2.30. The van der Waals surface area contributed by atoms with E-state index in [0.29, 0.717) is 4.34 Å². The minimum Gasteiger partial charge on any atom is -0.492 e. The standard InChI is InChI=1S/C14H10Cl2F3NO2S/c15-11-7-10(12(16)23-11)13(21)20-4-5-22-9-3-1-2-8(6-9)14(17,18)19/h1-3,6-7H,4-5H2,(H,20,21). The van der Waals surface area contributed by atoms with Crippen LogP contribution in [0.3, 0.4) is 0 Å². The molecule has 1 aromatic carbocycles. The topological polar surface area (TPSA) is 38.3 Å². The molecule has 0 aliphatic heterocycles. The molecule has 1 aromatic heterocycles. The van der Waals surface area contributed by atoms with Crippen LogP contribution >= 0.6 is 34.5 Å². The van der Waals surface area contributed by atoms with Gasteiger partial charge in [-0.25, -0.2) is 0 Å². The molecule has 0 bridgehead atoms. The molecule has 0 unspecified atom stereocenters. The number of carbonyl (C=O) groups is 1. The Labute approximate surface area is 144 Å². The minimum atomic E-state index is -4.43. The summed E-state index contributed by atoms with van der Waals surface area (Å²) < 4.78 is 43.5. The summed E-state index contributed by atoms with van der Waals surface area (Å²) in [6.45, 7) is 0.126. The highest BCUT2D eigenvalue weighted by molar-refractivity contribution is 7.20. The molecule has 1 amide bonds. The minimum absolute atomic E-state index is 0.0164. The number of rotatable bonds is 5. The van der Waals surface area contributed by atoms with Crippen LogP contribution in [0.1, 0.15) is 15.9 Å². The molecule has 0 saturated carbocycles. The molecule has 23 heavy (non-hydrogen) atoms. The Hall–Kier alpha value is -1.44. The van der Waals surface area contributed by atoms with Gasteiger partial charge < -0.3 is 10.1 Å². The van der Waals surface area contributed by atoms with Gasteiger partial charge in [-0.2, -0.15) is 13.2 Å². The Balaban J connectivity index is 1.84. The number of nitrogens with one attached hydrogen (secondary N) is 1. The van der Waals surface area contributed by atoms with Crippen molar-refractivity contribution in [2.24, 2.45) is 0 Å². The molecule has 1 N–H and O–H groups in total. The Morgan fingerprint density at radius 2 is 2.00 bits per heavy atom. The number of alkyl halides is 3. The van der Waals surface area contributed by atoms with E-state index < -0.39 is 17.6 Å². The van der Waals surface area contributed by atoms with Gasteiger partial charge in [0.25, 0.3) is 5.91 Å². The summed E-state index contributed by atoms with van der Waals surface area (Å²) in [5.41, 5.74) is -0.542. The van der Waals surface area contributed by atoms with Crippen molar-refractivity contribution in [2.75, 3.05) is 13.2 Å². The monoisotopic (exact) mass is 383 g/mol. The molecule has 124 valence electrons. The molecule has 0 aliphatic carbocycles. The van der Waals surface area contributed by atoms with Gasteiger partial charge in [-0.1, -0.05) is 29.3 Å². The lowest BCUT2D eigenvalue weighted by molar-refractivity contribution is -0.137. The molecule has 0 radical (unpaired) electrons. The van der Waals surface area contributed by atoms with Crippen LogP contribution in [-0.2, 0) is 6.18 Å². The maximum absolute atomic E-state index is 12.6. The van der Waals surface area contributed by atoms with Crippen LogP contribution in [0.2, 0.25) is 8.67 Å². The van der Waals surface area contributed by atoms with Crippen molar-refractivity contribution in [1.29, 1.82) is 0 Å². The lowest BCUT2D eigenvalue weighted by atomic mass is 10.2. The first-order valence-electron chi connectivity index (χ1n) is 6.30. The SMILES string of the molecule is O=C(NCCOc1cccc(C(F)(F)F)c1)c1cc(Cl)sc1Cl. The van der Waals surface area contributed by atoms with Crippen LogP contribution in [0, 0.1) is 0 Å². The third-order valence-electron chi connectivity index (χ3n) is 2.72. The van der Waals surface area contributed by atoms with Crippen molar-refractivity contribution >= 4 is 40.4 Å². The van der Waals surface area contributed by atoms with Crippen molar-refractivity contribution in [3.8, 4) is 5.75 Å². The fourth-order valence-corrected chi connectivity index (χ4v) is 3.14. The van der Waals surface area contributed by atoms with Gasteiger partial charge in [-0.05, 0) is 24.3 Å². The molecule has 0 fully saturated rings. The van der Waals surface area contributed by atoms with Gasteiger partial charge in [0, 0.05) is 0 Å². The summed E-state index contributed by atoms with van der Waals surface area (Å²) >= 11 is 12.7. The highest BCUT2D eigenvalue weighted by Crippen LogP contribution is 2.32. The molecule has 0 saturated heterocycles. The van der Waals surface area contributed by atoms with Crippen molar-refractivity contribution in [1.82, 2.24) is 5.32 Å². The predicted octanol–water partition coefficient (Wildman–Crippen LogP) is 4.88. The van der Waals surface area contributed by atoms with Gasteiger partial charge in [-0.15, -0.1) is 11.3 Å². The van der Waals surface area contributed by atoms with Crippen LogP contribution in [-0.4, -0.2) is 19.1 Å². The summed E-state index contributed by atoms with van der Waals surface area (Å²) in [6, 6.07) is 5.96. The summed E-state index contributed by atoms with van der Waals surface area (Å²) in [5.74, 6) is -0.350.